The van der Waals surface area contributed by atoms with Gasteiger partial charge in [-0.2, -0.15) is 0 Å². The normalized spacial score (nSPS) is 27.8. The number of esters is 1. The predicted molar refractivity (Wildman–Crippen MR) is 80.2 cm³/mol. The van der Waals surface area contributed by atoms with E-state index in [1.165, 1.54) is 11.3 Å². The van der Waals surface area contributed by atoms with Crippen LogP contribution in [0.15, 0.2) is 0 Å². The van der Waals surface area contributed by atoms with Crippen LogP contribution in [-0.4, -0.2) is 24.1 Å². The first kappa shape index (κ1) is 13.9. The minimum absolute atomic E-state index is 0.110. The highest BCUT2D eigenvalue weighted by atomic mass is 32.1. The summed E-state index contributed by atoms with van der Waals surface area (Å²) in [6.45, 7) is 5.60. The third-order valence-corrected chi connectivity index (χ3v) is 5.41. The molecule has 1 heterocycles. The number of anilines is 1. The summed E-state index contributed by atoms with van der Waals surface area (Å²) in [5, 5.41) is 4.42. The van der Waals surface area contributed by atoms with Crippen LogP contribution in [0, 0.1) is 11.8 Å². The number of thiazole rings is 1. The van der Waals surface area contributed by atoms with Crippen molar-refractivity contribution in [3.8, 4) is 0 Å². The van der Waals surface area contributed by atoms with E-state index < -0.39 is 0 Å². The van der Waals surface area contributed by atoms with Gasteiger partial charge in [0.1, 0.15) is 5.92 Å². The van der Waals surface area contributed by atoms with Gasteiger partial charge < -0.3 is 10.1 Å². The summed E-state index contributed by atoms with van der Waals surface area (Å²) in [7, 11) is 0. The topological polar surface area (TPSA) is 51.2 Å². The summed E-state index contributed by atoms with van der Waals surface area (Å²) in [6.07, 6.45) is 4.29. The fraction of sp³-hybridized carbons (Fsp3) is 0.733. The summed E-state index contributed by atoms with van der Waals surface area (Å²) >= 11 is 1.72. The molecule has 110 valence electrons. The third kappa shape index (κ3) is 2.82. The number of carbonyl (C=O) groups is 1. The van der Waals surface area contributed by atoms with E-state index in [4.69, 9.17) is 4.74 Å². The monoisotopic (exact) mass is 294 g/mol. The predicted octanol–water partition coefficient (Wildman–Crippen LogP) is 3.19. The van der Waals surface area contributed by atoms with Crippen LogP contribution in [0.3, 0.4) is 0 Å². The van der Waals surface area contributed by atoms with Gasteiger partial charge in [0.2, 0.25) is 0 Å². The van der Waals surface area contributed by atoms with Gasteiger partial charge in [-0.15, -0.1) is 11.3 Å². The standard InChI is InChI=1S/C15H22N2O2S/c1-3-19-14(18)11-5-4-6-12-13(11)17-15(20-12)16-8-10-7-9(10)2/h9-11H,3-8H2,1-2H3,(H,16,17). The van der Waals surface area contributed by atoms with Crippen molar-refractivity contribution >= 4 is 22.4 Å². The van der Waals surface area contributed by atoms with Crippen LogP contribution in [0.25, 0.3) is 0 Å². The van der Waals surface area contributed by atoms with E-state index in [9.17, 15) is 4.79 Å². The minimum Gasteiger partial charge on any atom is -0.465 e. The number of nitrogens with zero attached hydrogens (tertiary/aromatic N) is 1. The maximum atomic E-state index is 12.0. The summed E-state index contributed by atoms with van der Waals surface area (Å²) in [5.41, 5.74) is 0.964. The second-order valence-corrected chi connectivity index (χ2v) is 6.96. The van der Waals surface area contributed by atoms with E-state index >= 15 is 0 Å². The summed E-state index contributed by atoms with van der Waals surface area (Å²) in [4.78, 5) is 17.9. The maximum absolute atomic E-state index is 12.0. The number of aromatic nitrogens is 1. The van der Waals surface area contributed by atoms with Gasteiger partial charge in [0.05, 0.1) is 12.3 Å². The van der Waals surface area contributed by atoms with Gasteiger partial charge >= 0.3 is 5.97 Å². The number of hydrogen-bond donors (Lipinski definition) is 1. The number of hydrogen-bond acceptors (Lipinski definition) is 5. The molecule has 0 amide bonds. The molecule has 5 heteroatoms. The molecule has 0 aliphatic heterocycles. The molecular formula is C15H22N2O2S. The fourth-order valence-corrected chi connectivity index (χ4v) is 3.94. The van der Waals surface area contributed by atoms with Crippen molar-refractivity contribution in [3.63, 3.8) is 0 Å². The highest BCUT2D eigenvalue weighted by Gasteiger charge is 2.33. The average Bonchev–Trinajstić information content (AvgIpc) is 2.98. The molecule has 0 radical (unpaired) electrons. The number of carbonyl (C=O) groups excluding carboxylic acids is 1. The maximum Gasteiger partial charge on any atom is 0.315 e. The molecule has 2 aliphatic carbocycles. The number of rotatable bonds is 5. The molecule has 3 atom stereocenters. The van der Waals surface area contributed by atoms with Crippen LogP contribution in [0.4, 0.5) is 5.13 Å². The number of fused-ring (bicyclic) bond motifs is 1. The Morgan fingerprint density at radius 2 is 2.35 bits per heavy atom. The van der Waals surface area contributed by atoms with Crippen molar-refractivity contribution < 1.29 is 9.53 Å². The van der Waals surface area contributed by atoms with Crippen LogP contribution in [0.1, 0.15) is 49.6 Å². The fourth-order valence-electron chi connectivity index (χ4n) is 2.87. The lowest BCUT2D eigenvalue weighted by Gasteiger charge is -2.19. The quantitative estimate of drug-likeness (QED) is 0.847. The molecule has 1 fully saturated rings. The van der Waals surface area contributed by atoms with Gasteiger partial charge in [0, 0.05) is 11.4 Å². The van der Waals surface area contributed by atoms with Gasteiger partial charge in [-0.1, -0.05) is 6.92 Å². The molecule has 1 aromatic heterocycles. The highest BCUT2D eigenvalue weighted by molar-refractivity contribution is 7.15. The van der Waals surface area contributed by atoms with Gasteiger partial charge in [0.25, 0.3) is 0 Å². The van der Waals surface area contributed by atoms with Crippen molar-refractivity contribution in [2.45, 2.75) is 45.4 Å². The number of ether oxygens (including phenoxy) is 1. The van der Waals surface area contributed by atoms with Crippen molar-refractivity contribution in [1.29, 1.82) is 0 Å². The molecule has 0 saturated heterocycles. The Labute approximate surface area is 123 Å². The van der Waals surface area contributed by atoms with Crippen LogP contribution in [0.2, 0.25) is 0 Å². The lowest BCUT2D eigenvalue weighted by atomic mass is 9.91. The SMILES string of the molecule is CCOC(=O)C1CCCc2sc(NCC3CC3C)nc21. The Hall–Kier alpha value is -1.10. The van der Waals surface area contributed by atoms with Gasteiger partial charge in [-0.25, -0.2) is 4.98 Å². The molecule has 4 nitrogen and oxygen atoms in total. The molecular weight excluding hydrogens is 272 g/mol. The zero-order valence-corrected chi connectivity index (χ0v) is 13.0. The lowest BCUT2D eigenvalue weighted by molar-refractivity contribution is -0.145. The Morgan fingerprint density at radius 3 is 3.05 bits per heavy atom. The largest absolute Gasteiger partial charge is 0.465 e. The molecule has 3 unspecified atom stereocenters. The summed E-state index contributed by atoms with van der Waals surface area (Å²) < 4.78 is 5.18. The smallest absolute Gasteiger partial charge is 0.315 e. The first-order valence-corrected chi connectivity index (χ1v) is 8.40. The second kappa shape index (κ2) is 5.72. The van der Waals surface area contributed by atoms with E-state index in [2.05, 4.69) is 17.2 Å². The van der Waals surface area contributed by atoms with Crippen molar-refractivity contribution in [2.24, 2.45) is 11.8 Å². The van der Waals surface area contributed by atoms with E-state index in [1.54, 1.807) is 11.3 Å². The van der Waals surface area contributed by atoms with Crippen molar-refractivity contribution in [2.75, 3.05) is 18.5 Å². The molecule has 2 aliphatic rings. The van der Waals surface area contributed by atoms with Gasteiger partial charge in [-0.3, -0.25) is 4.79 Å². The molecule has 0 spiro atoms. The van der Waals surface area contributed by atoms with E-state index in [0.717, 1.165) is 48.5 Å². The summed E-state index contributed by atoms with van der Waals surface area (Å²) in [6, 6.07) is 0. The lowest BCUT2D eigenvalue weighted by Crippen LogP contribution is -2.20. The van der Waals surface area contributed by atoms with Crippen LogP contribution >= 0.6 is 11.3 Å². The average molecular weight is 294 g/mol. The Kier molecular flexibility index (Phi) is 3.96. The van der Waals surface area contributed by atoms with Gasteiger partial charge in [0.15, 0.2) is 5.13 Å². The zero-order valence-electron chi connectivity index (χ0n) is 12.1. The Morgan fingerprint density at radius 1 is 1.55 bits per heavy atom. The van der Waals surface area contributed by atoms with E-state index in [-0.39, 0.29) is 11.9 Å². The third-order valence-electron chi connectivity index (χ3n) is 4.32. The van der Waals surface area contributed by atoms with Crippen LogP contribution in [-0.2, 0) is 16.0 Å². The van der Waals surface area contributed by atoms with Crippen molar-refractivity contribution in [3.05, 3.63) is 10.6 Å². The Bertz CT molecular complexity index is 500. The number of nitrogens with one attached hydrogen (secondary N) is 1. The van der Waals surface area contributed by atoms with E-state index in [0.29, 0.717) is 6.61 Å². The Balaban J connectivity index is 1.69. The molecule has 1 saturated carbocycles. The zero-order chi connectivity index (χ0) is 14.1. The highest BCUT2D eigenvalue weighted by Crippen LogP contribution is 2.40. The van der Waals surface area contributed by atoms with Crippen LogP contribution < -0.4 is 5.32 Å². The van der Waals surface area contributed by atoms with Gasteiger partial charge in [-0.05, 0) is 44.4 Å². The first-order valence-electron chi connectivity index (χ1n) is 7.59. The molecule has 1 N–H and O–H groups in total. The molecule has 3 rings (SSSR count). The molecule has 1 aromatic rings. The molecule has 0 aromatic carbocycles. The molecule has 0 bridgehead atoms. The minimum atomic E-state index is -0.148. The number of aryl methyl sites for hydroxylation is 1. The first-order chi connectivity index (χ1) is 9.69. The van der Waals surface area contributed by atoms with E-state index in [1.807, 2.05) is 6.92 Å². The van der Waals surface area contributed by atoms with Crippen molar-refractivity contribution in [1.82, 2.24) is 4.98 Å². The molecule has 20 heavy (non-hydrogen) atoms. The second-order valence-electron chi connectivity index (χ2n) is 5.88. The van der Waals surface area contributed by atoms with Crippen LogP contribution in [0.5, 0.6) is 0 Å². The summed E-state index contributed by atoms with van der Waals surface area (Å²) in [5.74, 6) is 1.40.